The summed E-state index contributed by atoms with van der Waals surface area (Å²) in [5.41, 5.74) is -3.25. The zero-order chi connectivity index (χ0) is 18.8. The molecule has 6 nitrogen and oxygen atoms in total. The van der Waals surface area contributed by atoms with E-state index in [9.17, 15) is 23.1 Å². The van der Waals surface area contributed by atoms with Gasteiger partial charge in [-0.05, 0) is 36.8 Å². The Balaban J connectivity index is 2.53. The predicted octanol–water partition coefficient (Wildman–Crippen LogP) is 1.64. The first kappa shape index (κ1) is 19.3. The summed E-state index contributed by atoms with van der Waals surface area (Å²) in [6.45, 7) is 1.32. The van der Waals surface area contributed by atoms with Gasteiger partial charge in [0, 0.05) is 0 Å². The van der Waals surface area contributed by atoms with Gasteiger partial charge in [0.2, 0.25) is 0 Å². The van der Waals surface area contributed by atoms with E-state index in [2.05, 4.69) is 5.32 Å². The number of methoxy groups -OCH3 is 1. The zero-order valence-electron chi connectivity index (χ0n) is 13.4. The van der Waals surface area contributed by atoms with Crippen molar-refractivity contribution in [1.82, 2.24) is 10.6 Å². The van der Waals surface area contributed by atoms with Gasteiger partial charge < -0.3 is 25.2 Å². The van der Waals surface area contributed by atoms with Crippen LogP contribution in [0.2, 0.25) is 0 Å². The number of esters is 1. The van der Waals surface area contributed by atoms with Crippen LogP contribution in [0.1, 0.15) is 18.5 Å². The van der Waals surface area contributed by atoms with Crippen molar-refractivity contribution in [3.05, 3.63) is 29.8 Å². The molecule has 1 fully saturated rings. The highest BCUT2D eigenvalue weighted by Gasteiger charge is 2.66. The van der Waals surface area contributed by atoms with Crippen LogP contribution in [-0.4, -0.2) is 41.8 Å². The molecular weight excluding hydrogens is 361 g/mol. The third-order valence-corrected chi connectivity index (χ3v) is 4.04. The number of rotatable bonds is 4. The van der Waals surface area contributed by atoms with Gasteiger partial charge in [-0.3, -0.25) is 4.79 Å². The van der Waals surface area contributed by atoms with Crippen molar-refractivity contribution < 1.29 is 32.5 Å². The predicted molar refractivity (Wildman–Crippen MR) is 85.7 cm³/mol. The number of halogens is 3. The van der Waals surface area contributed by atoms with Crippen molar-refractivity contribution in [2.75, 3.05) is 13.7 Å². The largest absolute Gasteiger partial charge is 0.497 e. The molecule has 1 saturated heterocycles. The molecule has 138 valence electrons. The lowest BCUT2D eigenvalue weighted by Crippen LogP contribution is -2.73. The molecular formula is C15H17F3N2O4S. The number of hydrogen-bond donors (Lipinski definition) is 3. The standard InChI is InChI=1S/C15H17F3N2O4S/c1-3-24-12(21)10-11(8-4-6-9(23-2)7-5-8)19-13(25)20-14(10,22)15(16,17)18/h4-7,10-11,22H,3H2,1-2H3,(H2,19,20,25)/t10-,11-,14-/m1/s1. The number of nitrogens with one attached hydrogen (secondary N) is 2. The highest BCUT2D eigenvalue weighted by molar-refractivity contribution is 7.80. The summed E-state index contributed by atoms with van der Waals surface area (Å²) in [7, 11) is 1.44. The quantitative estimate of drug-likeness (QED) is 0.543. The first-order chi connectivity index (χ1) is 11.6. The molecule has 1 aliphatic rings. The van der Waals surface area contributed by atoms with Gasteiger partial charge in [0.05, 0.1) is 19.8 Å². The number of carbonyl (C=O) groups excluding carboxylic acids is 1. The molecule has 0 bridgehead atoms. The first-order valence-electron chi connectivity index (χ1n) is 7.32. The maximum atomic E-state index is 13.5. The van der Waals surface area contributed by atoms with Crippen LogP contribution in [-0.2, 0) is 9.53 Å². The molecule has 0 saturated carbocycles. The molecule has 3 atom stereocenters. The van der Waals surface area contributed by atoms with Crippen LogP contribution in [0.3, 0.4) is 0 Å². The van der Waals surface area contributed by atoms with Crippen LogP contribution in [0.5, 0.6) is 5.75 Å². The average molecular weight is 378 g/mol. The molecule has 25 heavy (non-hydrogen) atoms. The second kappa shape index (κ2) is 7.04. The molecule has 0 amide bonds. The molecule has 0 aromatic heterocycles. The Labute approximate surface area is 147 Å². The van der Waals surface area contributed by atoms with Crippen LogP contribution in [0, 0.1) is 5.92 Å². The number of thiocarbonyl (C=S) groups is 1. The fourth-order valence-corrected chi connectivity index (χ4v) is 2.91. The highest BCUT2D eigenvalue weighted by atomic mass is 32.1. The topological polar surface area (TPSA) is 79.8 Å². The maximum Gasteiger partial charge on any atom is 0.437 e. The third kappa shape index (κ3) is 3.64. The van der Waals surface area contributed by atoms with E-state index >= 15 is 0 Å². The molecule has 0 aliphatic carbocycles. The number of ether oxygens (including phenoxy) is 2. The first-order valence-corrected chi connectivity index (χ1v) is 7.73. The van der Waals surface area contributed by atoms with Crippen molar-refractivity contribution in [3.63, 3.8) is 0 Å². The number of hydrogen-bond acceptors (Lipinski definition) is 5. The van der Waals surface area contributed by atoms with E-state index < -0.39 is 34.9 Å². The Hall–Kier alpha value is -2.07. The number of alkyl halides is 3. The summed E-state index contributed by atoms with van der Waals surface area (Å²) in [5.74, 6) is -2.72. The van der Waals surface area contributed by atoms with Gasteiger partial charge >= 0.3 is 12.1 Å². The minimum atomic E-state index is -5.17. The average Bonchev–Trinajstić information content (AvgIpc) is 2.53. The van der Waals surface area contributed by atoms with E-state index in [-0.39, 0.29) is 6.61 Å². The van der Waals surface area contributed by atoms with Gasteiger partial charge in [0.15, 0.2) is 5.11 Å². The lowest BCUT2D eigenvalue weighted by molar-refractivity contribution is -0.292. The van der Waals surface area contributed by atoms with Crippen LogP contribution < -0.4 is 15.4 Å². The summed E-state index contributed by atoms with van der Waals surface area (Å²) >= 11 is 4.79. The van der Waals surface area contributed by atoms with E-state index in [1.807, 2.05) is 0 Å². The Kier molecular flexibility index (Phi) is 5.43. The van der Waals surface area contributed by atoms with Gasteiger partial charge in [-0.1, -0.05) is 12.1 Å². The third-order valence-electron chi connectivity index (χ3n) is 3.82. The van der Waals surface area contributed by atoms with E-state index in [0.29, 0.717) is 11.3 Å². The van der Waals surface area contributed by atoms with Gasteiger partial charge in [-0.25, -0.2) is 0 Å². The molecule has 1 heterocycles. The van der Waals surface area contributed by atoms with E-state index in [1.54, 1.807) is 5.32 Å². The molecule has 0 radical (unpaired) electrons. The number of benzene rings is 1. The Bertz CT molecular complexity index is 653. The van der Waals surface area contributed by atoms with Crippen molar-refractivity contribution in [2.45, 2.75) is 24.9 Å². The molecule has 3 N–H and O–H groups in total. The lowest BCUT2D eigenvalue weighted by atomic mass is 9.82. The van der Waals surface area contributed by atoms with Gasteiger partial charge in [-0.15, -0.1) is 0 Å². The monoisotopic (exact) mass is 378 g/mol. The fourth-order valence-electron chi connectivity index (χ4n) is 2.63. The number of carbonyl (C=O) groups is 1. The van der Waals surface area contributed by atoms with E-state index in [0.717, 1.165) is 0 Å². The summed E-state index contributed by atoms with van der Waals surface area (Å²) in [6, 6.07) is 4.76. The van der Waals surface area contributed by atoms with E-state index in [1.165, 1.54) is 38.3 Å². The Morgan fingerprint density at radius 1 is 1.36 bits per heavy atom. The van der Waals surface area contributed by atoms with Crippen LogP contribution in [0.25, 0.3) is 0 Å². The highest BCUT2D eigenvalue weighted by Crippen LogP contribution is 2.43. The fraction of sp³-hybridized carbons (Fsp3) is 0.467. The second-order valence-corrected chi connectivity index (χ2v) is 5.75. The van der Waals surface area contributed by atoms with E-state index in [4.69, 9.17) is 21.7 Å². The molecule has 1 aromatic carbocycles. The Morgan fingerprint density at radius 3 is 2.44 bits per heavy atom. The summed E-state index contributed by atoms with van der Waals surface area (Å²) < 4.78 is 50.4. The smallest absolute Gasteiger partial charge is 0.437 e. The molecule has 1 aliphatic heterocycles. The molecule has 0 spiro atoms. The van der Waals surface area contributed by atoms with Gasteiger partial charge in [0.25, 0.3) is 5.72 Å². The van der Waals surface area contributed by atoms with Crippen molar-refractivity contribution in [3.8, 4) is 5.75 Å². The number of aliphatic hydroxyl groups is 1. The summed E-state index contributed by atoms with van der Waals surface area (Å²) in [4.78, 5) is 12.2. The molecule has 10 heteroatoms. The molecule has 1 aromatic rings. The zero-order valence-corrected chi connectivity index (χ0v) is 14.2. The summed E-state index contributed by atoms with van der Waals surface area (Å²) in [5, 5.41) is 14.2. The van der Waals surface area contributed by atoms with Crippen LogP contribution in [0.15, 0.2) is 24.3 Å². The van der Waals surface area contributed by atoms with Gasteiger partial charge in [-0.2, -0.15) is 13.2 Å². The molecule has 0 unspecified atom stereocenters. The van der Waals surface area contributed by atoms with Crippen LogP contribution >= 0.6 is 12.2 Å². The van der Waals surface area contributed by atoms with Crippen molar-refractivity contribution in [1.29, 1.82) is 0 Å². The minimum absolute atomic E-state index is 0.136. The second-order valence-electron chi connectivity index (χ2n) is 5.34. The normalized spacial score (nSPS) is 26.4. The summed E-state index contributed by atoms with van der Waals surface area (Å²) in [6.07, 6.45) is -5.17. The molecule has 2 rings (SSSR count). The van der Waals surface area contributed by atoms with Gasteiger partial charge in [0.1, 0.15) is 11.7 Å². The SMILES string of the molecule is CCOC(=O)[C@H]1[C@@H](c2ccc(OC)cc2)NC(=S)N[C@]1(O)C(F)(F)F. The van der Waals surface area contributed by atoms with Crippen LogP contribution in [0.4, 0.5) is 13.2 Å². The Morgan fingerprint density at radius 2 is 1.96 bits per heavy atom. The van der Waals surface area contributed by atoms with Crippen molar-refractivity contribution in [2.24, 2.45) is 5.92 Å². The maximum absolute atomic E-state index is 13.5. The minimum Gasteiger partial charge on any atom is -0.497 e. The lowest BCUT2D eigenvalue weighted by Gasteiger charge is -2.45. The van der Waals surface area contributed by atoms with Crippen molar-refractivity contribution >= 4 is 23.3 Å².